The zero-order valence-electron chi connectivity index (χ0n) is 12.2. The maximum absolute atomic E-state index is 12.7. The minimum Gasteiger partial charge on any atom is -0.392 e. The van der Waals surface area contributed by atoms with Gasteiger partial charge in [0.05, 0.1) is 15.4 Å². The molecule has 1 aromatic rings. The minimum atomic E-state index is -0.787. The highest BCUT2D eigenvalue weighted by Crippen LogP contribution is 2.33. The van der Waals surface area contributed by atoms with Crippen molar-refractivity contribution in [2.75, 3.05) is 5.32 Å². The fourth-order valence-electron chi connectivity index (χ4n) is 2.39. The van der Waals surface area contributed by atoms with Gasteiger partial charge in [-0.15, -0.1) is 0 Å². The van der Waals surface area contributed by atoms with Crippen molar-refractivity contribution in [1.29, 1.82) is 0 Å². The van der Waals surface area contributed by atoms with Crippen LogP contribution in [0.5, 0.6) is 0 Å². The van der Waals surface area contributed by atoms with Crippen LogP contribution in [0.25, 0.3) is 0 Å². The fraction of sp³-hybridized carbons (Fsp3) is 0.467. The van der Waals surface area contributed by atoms with Gasteiger partial charge in [-0.25, -0.2) is 0 Å². The number of halogens is 2. The molecule has 21 heavy (non-hydrogen) atoms. The lowest BCUT2D eigenvalue weighted by molar-refractivity contribution is -0.122. The molecule has 116 valence electrons. The average molecular weight is 392 g/mol. The summed E-state index contributed by atoms with van der Waals surface area (Å²) in [5.74, 6) is -0.145. The molecule has 0 saturated heterocycles. The van der Waals surface area contributed by atoms with Gasteiger partial charge in [-0.05, 0) is 47.0 Å². The van der Waals surface area contributed by atoms with Gasteiger partial charge in [0.25, 0.3) is 0 Å². The first-order chi connectivity index (χ1) is 9.87. The molecule has 0 radical (unpaired) electrons. The summed E-state index contributed by atoms with van der Waals surface area (Å²) in [6, 6.07) is 5.25. The predicted molar refractivity (Wildman–Crippen MR) is 96.8 cm³/mol. The summed E-state index contributed by atoms with van der Waals surface area (Å²) in [5.41, 5.74) is 5.78. The molecule has 0 aliphatic carbocycles. The van der Waals surface area contributed by atoms with Crippen LogP contribution in [0.4, 0.5) is 5.69 Å². The van der Waals surface area contributed by atoms with Gasteiger partial charge < -0.3 is 11.1 Å². The molecule has 0 bridgehead atoms. The Morgan fingerprint density at radius 1 is 1.38 bits per heavy atom. The van der Waals surface area contributed by atoms with E-state index in [4.69, 9.17) is 29.6 Å². The van der Waals surface area contributed by atoms with E-state index in [1.165, 1.54) is 0 Å². The highest BCUT2D eigenvalue weighted by atomic mass is 79.9. The Morgan fingerprint density at radius 2 is 1.95 bits per heavy atom. The molecule has 1 aromatic carbocycles. The molecule has 0 unspecified atom stereocenters. The molecule has 3 nitrogen and oxygen atoms in total. The van der Waals surface area contributed by atoms with Crippen LogP contribution in [-0.4, -0.2) is 10.9 Å². The van der Waals surface area contributed by atoms with Crippen molar-refractivity contribution in [3.8, 4) is 0 Å². The number of hydrogen-bond acceptors (Lipinski definition) is 2. The molecule has 0 fully saturated rings. The zero-order chi connectivity index (χ0) is 16.0. The van der Waals surface area contributed by atoms with Crippen LogP contribution in [0.3, 0.4) is 0 Å². The quantitative estimate of drug-likeness (QED) is 0.649. The number of carbonyl (C=O) groups excluding carboxylic acids is 1. The average Bonchev–Trinajstić information content (AvgIpc) is 2.42. The Hall–Kier alpha value is -0.650. The third kappa shape index (κ3) is 4.41. The monoisotopic (exact) mass is 390 g/mol. The van der Waals surface area contributed by atoms with Gasteiger partial charge in [0.1, 0.15) is 0 Å². The fourth-order valence-corrected chi connectivity index (χ4v) is 3.18. The number of benzene rings is 1. The first-order valence-electron chi connectivity index (χ1n) is 6.93. The predicted octanol–water partition coefficient (Wildman–Crippen LogP) is 4.91. The van der Waals surface area contributed by atoms with Gasteiger partial charge in [0.15, 0.2) is 0 Å². The topological polar surface area (TPSA) is 55.1 Å². The van der Waals surface area contributed by atoms with Crippen molar-refractivity contribution < 1.29 is 4.79 Å². The zero-order valence-corrected chi connectivity index (χ0v) is 15.4. The van der Waals surface area contributed by atoms with Crippen LogP contribution in [0, 0.1) is 5.41 Å². The number of hydrogen-bond donors (Lipinski definition) is 2. The third-order valence-electron chi connectivity index (χ3n) is 3.44. The van der Waals surface area contributed by atoms with Crippen LogP contribution in [0.1, 0.15) is 39.5 Å². The molecule has 0 heterocycles. The molecule has 1 rings (SSSR count). The Bertz CT molecular complexity index is 530. The summed E-state index contributed by atoms with van der Waals surface area (Å²) < 4.78 is 0.730. The van der Waals surface area contributed by atoms with Crippen LogP contribution < -0.4 is 11.1 Å². The second-order valence-corrected chi connectivity index (χ2v) is 6.73. The van der Waals surface area contributed by atoms with E-state index in [1.54, 1.807) is 18.2 Å². The second-order valence-electron chi connectivity index (χ2n) is 5.03. The number of amides is 1. The number of thiocarbonyl (C=S) groups is 1. The van der Waals surface area contributed by atoms with Crippen LogP contribution in [-0.2, 0) is 4.79 Å². The van der Waals surface area contributed by atoms with E-state index in [-0.39, 0.29) is 10.9 Å². The SMILES string of the molecule is CCCC(CCC)(C(=O)Nc1ccc(Cl)c(Br)c1)C(N)=S. The van der Waals surface area contributed by atoms with Crippen LogP contribution in [0.15, 0.2) is 22.7 Å². The van der Waals surface area contributed by atoms with E-state index in [0.29, 0.717) is 23.6 Å². The summed E-state index contributed by atoms with van der Waals surface area (Å²) in [5, 5.41) is 3.50. The standard InChI is InChI=1S/C15H20BrClN2OS/c1-3-7-15(8-4-2,13(18)21)14(20)19-10-5-6-12(17)11(16)9-10/h5-6,9H,3-4,7-8H2,1-2H3,(H2,18,21)(H,19,20). The van der Waals surface area contributed by atoms with Crippen molar-refractivity contribution in [2.24, 2.45) is 11.1 Å². The van der Waals surface area contributed by atoms with Gasteiger partial charge in [0.2, 0.25) is 5.91 Å². The summed E-state index contributed by atoms with van der Waals surface area (Å²) in [7, 11) is 0. The van der Waals surface area contributed by atoms with Crippen molar-refractivity contribution in [1.82, 2.24) is 0 Å². The molecular formula is C15H20BrClN2OS. The summed E-state index contributed by atoms with van der Waals surface area (Å²) in [4.78, 5) is 13.0. The highest BCUT2D eigenvalue weighted by molar-refractivity contribution is 9.10. The van der Waals surface area contributed by atoms with Gasteiger partial charge in [-0.3, -0.25) is 4.79 Å². The Morgan fingerprint density at radius 3 is 2.38 bits per heavy atom. The van der Waals surface area contributed by atoms with E-state index in [1.807, 2.05) is 13.8 Å². The molecule has 1 amide bonds. The first kappa shape index (κ1) is 18.4. The van der Waals surface area contributed by atoms with Crippen LogP contribution in [0.2, 0.25) is 5.02 Å². The highest BCUT2D eigenvalue weighted by Gasteiger charge is 2.39. The Labute approximate surface area is 144 Å². The maximum Gasteiger partial charge on any atom is 0.237 e. The van der Waals surface area contributed by atoms with Crippen molar-refractivity contribution in [3.05, 3.63) is 27.7 Å². The van der Waals surface area contributed by atoms with Gasteiger partial charge >= 0.3 is 0 Å². The molecule has 0 aliphatic rings. The second kappa shape index (κ2) is 8.11. The molecular weight excluding hydrogens is 372 g/mol. The number of nitrogens with one attached hydrogen (secondary N) is 1. The maximum atomic E-state index is 12.7. The van der Waals surface area contributed by atoms with E-state index in [2.05, 4.69) is 21.2 Å². The number of carbonyl (C=O) groups is 1. The van der Waals surface area contributed by atoms with E-state index < -0.39 is 5.41 Å². The van der Waals surface area contributed by atoms with E-state index in [9.17, 15) is 4.79 Å². The number of anilines is 1. The van der Waals surface area contributed by atoms with E-state index in [0.717, 1.165) is 17.3 Å². The van der Waals surface area contributed by atoms with E-state index >= 15 is 0 Å². The molecule has 0 spiro atoms. The normalized spacial score (nSPS) is 11.2. The van der Waals surface area contributed by atoms with Gasteiger partial charge in [-0.2, -0.15) is 0 Å². The third-order valence-corrected chi connectivity index (χ3v) is 5.04. The summed E-state index contributed by atoms with van der Waals surface area (Å²) >= 11 is 14.5. The molecule has 0 saturated carbocycles. The van der Waals surface area contributed by atoms with Crippen molar-refractivity contribution in [3.63, 3.8) is 0 Å². The smallest absolute Gasteiger partial charge is 0.237 e. The molecule has 0 atom stereocenters. The Kier molecular flexibility index (Phi) is 7.10. The first-order valence-corrected chi connectivity index (χ1v) is 8.51. The lowest BCUT2D eigenvalue weighted by Crippen LogP contribution is -2.46. The summed E-state index contributed by atoms with van der Waals surface area (Å²) in [6.45, 7) is 4.05. The molecule has 3 N–H and O–H groups in total. The lowest BCUT2D eigenvalue weighted by Gasteiger charge is -2.31. The Balaban J connectivity index is 3.04. The largest absolute Gasteiger partial charge is 0.392 e. The molecule has 0 aliphatic heterocycles. The lowest BCUT2D eigenvalue weighted by atomic mass is 9.78. The molecule has 0 aromatic heterocycles. The van der Waals surface area contributed by atoms with Gasteiger partial charge in [0, 0.05) is 10.2 Å². The molecule has 6 heteroatoms. The number of nitrogens with two attached hydrogens (primary N) is 1. The van der Waals surface area contributed by atoms with Gasteiger partial charge in [-0.1, -0.05) is 50.5 Å². The van der Waals surface area contributed by atoms with Crippen LogP contribution >= 0.6 is 39.7 Å². The van der Waals surface area contributed by atoms with Crippen molar-refractivity contribution >= 4 is 56.3 Å². The summed E-state index contributed by atoms with van der Waals surface area (Å²) in [6.07, 6.45) is 2.98. The minimum absolute atomic E-state index is 0.145. The number of rotatable bonds is 7. The van der Waals surface area contributed by atoms with Crippen molar-refractivity contribution in [2.45, 2.75) is 39.5 Å².